The first kappa shape index (κ1) is 21.3. The normalized spacial score (nSPS) is 31.9. The van der Waals surface area contributed by atoms with E-state index in [0.29, 0.717) is 0 Å². The monoisotopic (exact) mass is 440 g/mol. The van der Waals surface area contributed by atoms with Crippen molar-refractivity contribution in [1.29, 1.82) is 0 Å². The fourth-order valence-corrected chi connectivity index (χ4v) is 8.02. The topological polar surface area (TPSA) is 15.3 Å². The summed E-state index contributed by atoms with van der Waals surface area (Å²) in [6.45, 7) is 5.00. The molecular formula is C31H40N2. The minimum absolute atomic E-state index is 0.239. The average Bonchev–Trinajstić information content (AvgIpc) is 3.35. The summed E-state index contributed by atoms with van der Waals surface area (Å²) in [4.78, 5) is 2.39. The zero-order valence-electron chi connectivity index (χ0n) is 20.5. The zero-order chi connectivity index (χ0) is 22.4. The summed E-state index contributed by atoms with van der Waals surface area (Å²) in [5, 5.41) is 3.58. The molecule has 2 saturated carbocycles. The lowest BCUT2D eigenvalue weighted by Crippen LogP contribution is -2.40. The predicted octanol–water partition coefficient (Wildman–Crippen LogP) is 8.06. The number of fused-ring (bicyclic) bond motifs is 7. The van der Waals surface area contributed by atoms with E-state index in [4.69, 9.17) is 0 Å². The highest BCUT2D eigenvalue weighted by atomic mass is 15.3. The number of nitrogens with zero attached hydrogens (tertiary/aromatic N) is 1. The van der Waals surface area contributed by atoms with Gasteiger partial charge in [0.1, 0.15) is 6.17 Å². The Bertz CT molecular complexity index is 1020. The molecule has 0 radical (unpaired) electrons. The summed E-state index contributed by atoms with van der Waals surface area (Å²) in [5.41, 5.74) is 7.00. The highest BCUT2D eigenvalue weighted by Crippen LogP contribution is 2.51. The van der Waals surface area contributed by atoms with Crippen molar-refractivity contribution in [1.82, 2.24) is 5.32 Å². The summed E-state index contributed by atoms with van der Waals surface area (Å²) < 4.78 is 0. The number of hydrogen-bond acceptors (Lipinski definition) is 2. The summed E-state index contributed by atoms with van der Waals surface area (Å²) in [7, 11) is 0. The van der Waals surface area contributed by atoms with Gasteiger partial charge >= 0.3 is 0 Å². The molecule has 2 nitrogen and oxygen atoms in total. The number of aryl methyl sites for hydroxylation is 1. The van der Waals surface area contributed by atoms with Crippen molar-refractivity contribution in [2.24, 2.45) is 29.6 Å². The molecule has 0 aromatic heterocycles. The zero-order valence-corrected chi connectivity index (χ0v) is 20.5. The molecule has 1 N–H and O–H groups in total. The van der Waals surface area contributed by atoms with Crippen LogP contribution in [0.5, 0.6) is 0 Å². The Morgan fingerprint density at radius 1 is 0.970 bits per heavy atom. The highest BCUT2D eigenvalue weighted by Gasteiger charge is 2.42. The van der Waals surface area contributed by atoms with Crippen LogP contribution in [0.2, 0.25) is 0 Å². The van der Waals surface area contributed by atoms with Crippen molar-refractivity contribution in [3.05, 3.63) is 66.0 Å². The van der Waals surface area contributed by atoms with Gasteiger partial charge in [-0.25, -0.2) is 0 Å². The van der Waals surface area contributed by atoms with Crippen molar-refractivity contribution in [2.45, 2.75) is 77.8 Å². The van der Waals surface area contributed by atoms with Crippen LogP contribution in [0.3, 0.4) is 0 Å². The number of benzene rings is 2. The molecule has 174 valence electrons. The molecule has 2 aromatic carbocycles. The average molecular weight is 441 g/mol. The molecule has 33 heavy (non-hydrogen) atoms. The van der Waals surface area contributed by atoms with Gasteiger partial charge in [-0.2, -0.15) is 0 Å². The number of nitrogens with one attached hydrogen (secondary N) is 1. The second-order valence-corrected chi connectivity index (χ2v) is 11.3. The molecular weight excluding hydrogens is 400 g/mol. The van der Waals surface area contributed by atoms with Crippen LogP contribution in [0.4, 0.5) is 5.69 Å². The maximum absolute atomic E-state index is 3.58. The van der Waals surface area contributed by atoms with E-state index in [1.165, 1.54) is 85.7 Å². The highest BCUT2D eigenvalue weighted by molar-refractivity contribution is 5.86. The molecule has 2 aromatic rings. The predicted molar refractivity (Wildman–Crippen MR) is 139 cm³/mol. The van der Waals surface area contributed by atoms with E-state index in [0.717, 1.165) is 29.6 Å². The first-order valence-electron chi connectivity index (χ1n) is 13.7. The van der Waals surface area contributed by atoms with E-state index in [9.17, 15) is 0 Å². The fourth-order valence-electron chi connectivity index (χ4n) is 8.02. The van der Waals surface area contributed by atoms with Crippen LogP contribution < -0.4 is 10.2 Å². The molecule has 0 saturated heterocycles. The Morgan fingerprint density at radius 3 is 2.79 bits per heavy atom. The van der Waals surface area contributed by atoms with Gasteiger partial charge in [0.15, 0.2) is 0 Å². The first-order valence-corrected chi connectivity index (χ1v) is 13.7. The van der Waals surface area contributed by atoms with Crippen molar-refractivity contribution in [3.8, 4) is 11.1 Å². The SMILES string of the molecule is CCC1CCC(C)C2CCCC(CCCc3ccc4c(c3)C3NC=CN3c3ccccc3-4)C12. The lowest BCUT2D eigenvalue weighted by molar-refractivity contribution is 0.00666. The molecule has 4 aliphatic rings. The van der Waals surface area contributed by atoms with Crippen LogP contribution in [-0.2, 0) is 6.42 Å². The number of hydrogen-bond donors (Lipinski definition) is 1. The van der Waals surface area contributed by atoms with Crippen LogP contribution in [0.1, 0.15) is 82.5 Å². The van der Waals surface area contributed by atoms with Crippen molar-refractivity contribution >= 4 is 5.69 Å². The van der Waals surface area contributed by atoms with Gasteiger partial charge in [-0.3, -0.25) is 0 Å². The third-order valence-electron chi connectivity index (χ3n) is 9.63. The maximum Gasteiger partial charge on any atom is 0.130 e. The van der Waals surface area contributed by atoms with Gasteiger partial charge in [0, 0.05) is 23.5 Å². The fraction of sp³-hybridized carbons (Fsp3) is 0.548. The Hall–Kier alpha value is -2.22. The lowest BCUT2D eigenvalue weighted by Gasteiger charge is -2.49. The van der Waals surface area contributed by atoms with E-state index in [-0.39, 0.29) is 6.17 Å². The van der Waals surface area contributed by atoms with Gasteiger partial charge in [-0.15, -0.1) is 0 Å². The maximum atomic E-state index is 3.58. The number of para-hydroxylation sites is 1. The van der Waals surface area contributed by atoms with E-state index in [1.54, 1.807) is 0 Å². The second kappa shape index (κ2) is 8.85. The van der Waals surface area contributed by atoms with Gasteiger partial charge in [0.2, 0.25) is 0 Å². The van der Waals surface area contributed by atoms with Crippen molar-refractivity contribution < 1.29 is 0 Å². The lowest BCUT2D eigenvalue weighted by atomic mass is 9.56. The second-order valence-electron chi connectivity index (χ2n) is 11.3. The molecule has 2 aliphatic carbocycles. The third-order valence-corrected chi connectivity index (χ3v) is 9.63. The minimum Gasteiger partial charge on any atom is -0.366 e. The van der Waals surface area contributed by atoms with Crippen molar-refractivity contribution in [3.63, 3.8) is 0 Å². The summed E-state index contributed by atoms with van der Waals surface area (Å²) in [6, 6.07) is 16.1. The third kappa shape index (κ3) is 3.70. The molecule has 6 unspecified atom stereocenters. The summed E-state index contributed by atoms with van der Waals surface area (Å²) in [6.07, 6.45) is 17.3. The van der Waals surface area contributed by atoms with Gasteiger partial charge in [0.25, 0.3) is 0 Å². The summed E-state index contributed by atoms with van der Waals surface area (Å²) >= 11 is 0. The molecule has 2 heteroatoms. The quantitative estimate of drug-likeness (QED) is 0.506. The van der Waals surface area contributed by atoms with Crippen LogP contribution in [0, 0.1) is 29.6 Å². The Labute approximate surface area is 200 Å². The minimum atomic E-state index is 0.239. The van der Waals surface area contributed by atoms with Crippen molar-refractivity contribution in [2.75, 3.05) is 4.90 Å². The van der Waals surface area contributed by atoms with Gasteiger partial charge in [-0.1, -0.05) is 75.9 Å². The van der Waals surface area contributed by atoms with Gasteiger partial charge in [-0.05, 0) is 78.9 Å². The molecule has 2 fully saturated rings. The molecule has 0 amide bonds. The van der Waals surface area contributed by atoms with E-state index in [2.05, 4.69) is 78.9 Å². The van der Waals surface area contributed by atoms with E-state index < -0.39 is 0 Å². The molecule has 2 aliphatic heterocycles. The van der Waals surface area contributed by atoms with Gasteiger partial charge < -0.3 is 10.2 Å². The van der Waals surface area contributed by atoms with Gasteiger partial charge in [0.05, 0.1) is 5.69 Å². The molecule has 6 rings (SSSR count). The van der Waals surface area contributed by atoms with Crippen LogP contribution in [0.25, 0.3) is 11.1 Å². The standard InChI is InChI=1S/C31H40N2/c1-3-23-16-14-21(2)25-12-7-10-24(30(23)25)9-6-8-22-15-17-26-27-11-4-5-13-29(27)33-19-18-32-31(33)28(26)20-22/h4-5,11,13,15,17-21,23-25,30-32H,3,6-10,12,14,16H2,1-2H3. The molecule has 0 bridgehead atoms. The van der Waals surface area contributed by atoms with Crippen LogP contribution >= 0.6 is 0 Å². The smallest absolute Gasteiger partial charge is 0.130 e. The van der Waals surface area contributed by atoms with E-state index >= 15 is 0 Å². The van der Waals surface area contributed by atoms with E-state index in [1.807, 2.05) is 0 Å². The van der Waals surface area contributed by atoms with Crippen LogP contribution in [-0.4, -0.2) is 0 Å². The Morgan fingerprint density at radius 2 is 1.88 bits per heavy atom. The largest absolute Gasteiger partial charge is 0.366 e. The molecule has 0 spiro atoms. The first-order chi connectivity index (χ1) is 16.2. The Balaban J connectivity index is 1.17. The Kier molecular flexibility index (Phi) is 5.72. The number of rotatable bonds is 5. The van der Waals surface area contributed by atoms with Crippen LogP contribution in [0.15, 0.2) is 54.9 Å². The number of anilines is 1. The molecule has 6 atom stereocenters. The molecule has 2 heterocycles. The summed E-state index contributed by atoms with van der Waals surface area (Å²) in [5.74, 6) is 4.94.